The predicted octanol–water partition coefficient (Wildman–Crippen LogP) is 3.99. The van der Waals surface area contributed by atoms with Crippen molar-refractivity contribution in [1.29, 1.82) is 0 Å². The Hall–Kier alpha value is -2.15. The fraction of sp³-hybridized carbons (Fsp3) is 0.235. The molecule has 2 rings (SSSR count). The minimum atomic E-state index is -4.36. The van der Waals surface area contributed by atoms with Crippen molar-refractivity contribution in [1.82, 2.24) is 5.32 Å². The van der Waals surface area contributed by atoms with Gasteiger partial charge in [0.25, 0.3) is 0 Å². The Morgan fingerprint density at radius 1 is 1.04 bits per heavy atom. The third kappa shape index (κ3) is 6.16. The topological polar surface area (TPSA) is 38.3 Å². The van der Waals surface area contributed by atoms with Gasteiger partial charge in [-0.25, -0.2) is 0 Å². The van der Waals surface area contributed by atoms with E-state index in [1.165, 1.54) is 23.9 Å². The lowest BCUT2D eigenvalue weighted by atomic mass is 10.2. The lowest BCUT2D eigenvalue weighted by molar-refractivity contribution is -0.137. The summed E-state index contributed by atoms with van der Waals surface area (Å²) in [5.41, 5.74) is -0.721. The maximum Gasteiger partial charge on any atom is 0.416 e. The Kier molecular flexibility index (Phi) is 6.54. The van der Waals surface area contributed by atoms with Crippen LogP contribution >= 0.6 is 11.8 Å². The minimum Gasteiger partial charge on any atom is -0.492 e. The van der Waals surface area contributed by atoms with Crippen LogP contribution in [-0.2, 0) is 11.0 Å². The van der Waals surface area contributed by atoms with Gasteiger partial charge in [0.1, 0.15) is 12.4 Å². The molecule has 0 radical (unpaired) electrons. The number of ether oxygens (including phenoxy) is 1. The van der Waals surface area contributed by atoms with E-state index >= 15 is 0 Å². The zero-order chi connectivity index (χ0) is 17.4. The van der Waals surface area contributed by atoms with E-state index in [2.05, 4.69) is 5.32 Å². The van der Waals surface area contributed by atoms with Gasteiger partial charge in [0.15, 0.2) is 0 Å². The van der Waals surface area contributed by atoms with Crippen LogP contribution in [0.3, 0.4) is 0 Å². The van der Waals surface area contributed by atoms with Crippen LogP contribution in [-0.4, -0.2) is 24.8 Å². The highest BCUT2D eigenvalue weighted by Crippen LogP contribution is 2.30. The first kappa shape index (κ1) is 18.2. The van der Waals surface area contributed by atoms with Crippen LogP contribution in [0, 0.1) is 0 Å². The number of thioether (sulfide) groups is 1. The Morgan fingerprint density at radius 2 is 1.71 bits per heavy atom. The molecule has 0 aliphatic heterocycles. The SMILES string of the molecule is O=C(CSc1ccccc1)NCCOc1ccc(C(F)(F)F)cc1. The molecule has 0 fully saturated rings. The standard InChI is InChI=1S/C17H16F3NO2S/c18-17(19,20)13-6-8-14(9-7-13)23-11-10-21-16(22)12-24-15-4-2-1-3-5-15/h1-9H,10-12H2,(H,21,22). The van der Waals surface area contributed by atoms with Gasteiger partial charge in [-0.05, 0) is 36.4 Å². The van der Waals surface area contributed by atoms with E-state index in [1.807, 2.05) is 30.3 Å². The molecule has 0 saturated heterocycles. The van der Waals surface area contributed by atoms with Crippen molar-refractivity contribution < 1.29 is 22.7 Å². The fourth-order valence-electron chi connectivity index (χ4n) is 1.82. The third-order valence-corrected chi connectivity index (χ3v) is 4.00. The van der Waals surface area contributed by atoms with Crippen LogP contribution in [0.2, 0.25) is 0 Å². The van der Waals surface area contributed by atoms with Gasteiger partial charge in [-0.2, -0.15) is 13.2 Å². The first-order chi connectivity index (χ1) is 11.4. The van der Waals surface area contributed by atoms with Crippen LogP contribution in [0.1, 0.15) is 5.56 Å². The number of carbonyl (C=O) groups is 1. The van der Waals surface area contributed by atoms with Gasteiger partial charge in [0, 0.05) is 4.90 Å². The molecule has 0 heterocycles. The van der Waals surface area contributed by atoms with E-state index in [0.29, 0.717) is 11.5 Å². The predicted molar refractivity (Wildman–Crippen MR) is 87.1 cm³/mol. The summed E-state index contributed by atoms with van der Waals surface area (Å²) in [5.74, 6) is 0.500. The summed E-state index contributed by atoms with van der Waals surface area (Å²) in [6, 6.07) is 14.0. The number of alkyl halides is 3. The van der Waals surface area contributed by atoms with E-state index in [4.69, 9.17) is 4.74 Å². The number of carbonyl (C=O) groups excluding carboxylic acids is 1. The number of rotatable bonds is 7. The molecule has 0 atom stereocenters. The van der Waals surface area contributed by atoms with E-state index in [1.54, 1.807) is 0 Å². The molecule has 2 aromatic carbocycles. The summed E-state index contributed by atoms with van der Waals surface area (Å²) in [5, 5.41) is 2.69. The van der Waals surface area contributed by atoms with Gasteiger partial charge in [0.2, 0.25) is 5.91 Å². The highest BCUT2D eigenvalue weighted by Gasteiger charge is 2.29. The molecular formula is C17H16F3NO2S. The van der Waals surface area contributed by atoms with Crippen molar-refractivity contribution in [2.24, 2.45) is 0 Å². The monoisotopic (exact) mass is 355 g/mol. The molecule has 24 heavy (non-hydrogen) atoms. The fourth-order valence-corrected chi connectivity index (χ4v) is 2.57. The highest BCUT2D eigenvalue weighted by molar-refractivity contribution is 8.00. The molecular weight excluding hydrogens is 339 g/mol. The van der Waals surface area contributed by atoms with Crippen LogP contribution in [0.4, 0.5) is 13.2 Å². The van der Waals surface area contributed by atoms with Crippen molar-refractivity contribution in [3.63, 3.8) is 0 Å². The normalized spacial score (nSPS) is 11.1. The van der Waals surface area contributed by atoms with Crippen molar-refractivity contribution in [3.8, 4) is 5.75 Å². The summed E-state index contributed by atoms with van der Waals surface area (Å²) in [7, 11) is 0. The second-order valence-electron chi connectivity index (χ2n) is 4.82. The first-order valence-electron chi connectivity index (χ1n) is 7.20. The third-order valence-electron chi connectivity index (χ3n) is 2.99. The molecule has 2 aromatic rings. The number of nitrogens with one attached hydrogen (secondary N) is 1. The second kappa shape index (κ2) is 8.63. The van der Waals surface area contributed by atoms with Gasteiger partial charge in [0.05, 0.1) is 17.9 Å². The molecule has 0 unspecified atom stereocenters. The van der Waals surface area contributed by atoms with Crippen LogP contribution in [0.15, 0.2) is 59.5 Å². The summed E-state index contributed by atoms with van der Waals surface area (Å²) in [4.78, 5) is 12.7. The van der Waals surface area contributed by atoms with Gasteiger partial charge in [-0.1, -0.05) is 18.2 Å². The Labute approximate surface area is 142 Å². The summed E-state index contributed by atoms with van der Waals surface area (Å²) >= 11 is 1.43. The molecule has 0 aliphatic carbocycles. The molecule has 1 N–H and O–H groups in total. The summed E-state index contributed by atoms with van der Waals surface area (Å²) in [6.07, 6.45) is -4.36. The number of amides is 1. The number of hydrogen-bond donors (Lipinski definition) is 1. The van der Waals surface area contributed by atoms with E-state index < -0.39 is 11.7 Å². The molecule has 0 aromatic heterocycles. The number of benzene rings is 2. The lowest BCUT2D eigenvalue weighted by Gasteiger charge is -2.10. The largest absolute Gasteiger partial charge is 0.492 e. The van der Waals surface area contributed by atoms with Crippen molar-refractivity contribution >= 4 is 17.7 Å². The average Bonchev–Trinajstić information content (AvgIpc) is 2.57. The van der Waals surface area contributed by atoms with Crippen LogP contribution < -0.4 is 10.1 Å². The van der Waals surface area contributed by atoms with Gasteiger partial charge in [-0.15, -0.1) is 11.8 Å². The molecule has 3 nitrogen and oxygen atoms in total. The van der Waals surface area contributed by atoms with Crippen LogP contribution in [0.5, 0.6) is 5.75 Å². The van der Waals surface area contributed by atoms with E-state index in [0.717, 1.165) is 17.0 Å². The lowest BCUT2D eigenvalue weighted by Crippen LogP contribution is -2.29. The number of halogens is 3. The molecule has 128 valence electrons. The first-order valence-corrected chi connectivity index (χ1v) is 8.18. The maximum absolute atomic E-state index is 12.4. The second-order valence-corrected chi connectivity index (χ2v) is 5.87. The quantitative estimate of drug-likeness (QED) is 0.603. The smallest absolute Gasteiger partial charge is 0.416 e. The molecule has 1 amide bonds. The maximum atomic E-state index is 12.4. The van der Waals surface area contributed by atoms with E-state index in [-0.39, 0.29) is 19.1 Å². The van der Waals surface area contributed by atoms with Crippen molar-refractivity contribution in [2.45, 2.75) is 11.1 Å². The highest BCUT2D eigenvalue weighted by atomic mass is 32.2. The zero-order valence-electron chi connectivity index (χ0n) is 12.7. The van der Waals surface area contributed by atoms with Crippen LogP contribution in [0.25, 0.3) is 0 Å². The summed E-state index contributed by atoms with van der Waals surface area (Å²) in [6.45, 7) is 0.475. The Balaban J connectivity index is 1.64. The molecule has 0 aliphatic rings. The Bertz CT molecular complexity index is 645. The van der Waals surface area contributed by atoms with Crippen molar-refractivity contribution in [2.75, 3.05) is 18.9 Å². The van der Waals surface area contributed by atoms with Crippen molar-refractivity contribution in [3.05, 3.63) is 60.2 Å². The average molecular weight is 355 g/mol. The zero-order valence-corrected chi connectivity index (χ0v) is 13.5. The number of hydrogen-bond acceptors (Lipinski definition) is 3. The minimum absolute atomic E-state index is 0.125. The molecule has 0 spiro atoms. The summed E-state index contributed by atoms with van der Waals surface area (Å²) < 4.78 is 42.6. The van der Waals surface area contributed by atoms with Gasteiger partial charge in [-0.3, -0.25) is 4.79 Å². The van der Waals surface area contributed by atoms with Gasteiger partial charge >= 0.3 is 6.18 Å². The molecule has 7 heteroatoms. The Morgan fingerprint density at radius 3 is 2.33 bits per heavy atom. The van der Waals surface area contributed by atoms with E-state index in [9.17, 15) is 18.0 Å². The van der Waals surface area contributed by atoms with Gasteiger partial charge < -0.3 is 10.1 Å². The molecule has 0 saturated carbocycles. The molecule has 0 bridgehead atoms.